The lowest BCUT2D eigenvalue weighted by Gasteiger charge is -2.08. The fourth-order valence-corrected chi connectivity index (χ4v) is 4.40. The number of nitro groups is 1. The van der Waals surface area contributed by atoms with Gasteiger partial charge in [-0.3, -0.25) is 20.0 Å². The van der Waals surface area contributed by atoms with Gasteiger partial charge in [-0.25, -0.2) is 9.97 Å². The second-order valence-electron chi connectivity index (χ2n) is 6.08. The topological polar surface area (TPSA) is 127 Å². The van der Waals surface area contributed by atoms with Gasteiger partial charge in [0.1, 0.15) is 16.3 Å². The fraction of sp³-hybridized carbons (Fsp3) is 0.0526. The molecule has 4 rings (SSSR count). The smallest absolute Gasteiger partial charge is 0.270 e. The number of anilines is 1. The summed E-state index contributed by atoms with van der Waals surface area (Å²) < 4.78 is 0. The van der Waals surface area contributed by atoms with Gasteiger partial charge in [-0.2, -0.15) is 5.10 Å². The molecule has 0 unspecified atom stereocenters. The van der Waals surface area contributed by atoms with E-state index in [0.29, 0.717) is 20.7 Å². The maximum Gasteiger partial charge on any atom is 0.270 e. The van der Waals surface area contributed by atoms with Crippen LogP contribution in [0.5, 0.6) is 0 Å². The highest BCUT2D eigenvalue weighted by molar-refractivity contribution is 7.99. The monoisotopic (exact) mass is 438 g/mol. The fourth-order valence-electron chi connectivity index (χ4n) is 2.63. The Hall–Kier alpha value is -3.57. The molecule has 0 aliphatic carbocycles. The number of carbonyl (C=O) groups is 1. The van der Waals surface area contributed by atoms with E-state index in [4.69, 9.17) is 0 Å². The summed E-state index contributed by atoms with van der Waals surface area (Å²) in [4.78, 5) is 32.8. The predicted molar refractivity (Wildman–Crippen MR) is 114 cm³/mol. The molecule has 0 aliphatic rings. The van der Waals surface area contributed by atoms with Gasteiger partial charge in [0.15, 0.2) is 5.16 Å². The van der Waals surface area contributed by atoms with Crippen molar-refractivity contribution in [2.24, 2.45) is 0 Å². The second kappa shape index (κ2) is 8.43. The third kappa shape index (κ3) is 4.21. The van der Waals surface area contributed by atoms with Gasteiger partial charge in [0, 0.05) is 22.6 Å². The number of benzene rings is 2. The van der Waals surface area contributed by atoms with Gasteiger partial charge in [-0.05, 0) is 24.8 Å². The highest BCUT2D eigenvalue weighted by Gasteiger charge is 2.20. The zero-order valence-corrected chi connectivity index (χ0v) is 17.2. The van der Waals surface area contributed by atoms with Crippen molar-refractivity contribution in [1.29, 1.82) is 0 Å². The van der Waals surface area contributed by atoms with Crippen LogP contribution in [0, 0.1) is 17.0 Å². The van der Waals surface area contributed by atoms with E-state index in [0.717, 1.165) is 22.3 Å². The average molecular weight is 438 g/mol. The molecule has 11 heteroatoms. The molecule has 0 radical (unpaired) electrons. The molecular weight excluding hydrogens is 424 g/mol. The standard InChI is InChI=1S/C19H14N6O3S2/c1-11-17(30-18(22-11)12-5-3-2-4-6-12)23-16(26)14-9-13(25(27)28)7-8-15(14)29-19-20-10-21-24-19/h2-10H,1H3,(H,23,26)(H,20,21,24). The number of aryl methyl sites for hydroxylation is 1. The summed E-state index contributed by atoms with van der Waals surface area (Å²) in [5, 5.41) is 22.4. The number of H-pyrrole nitrogens is 1. The van der Waals surface area contributed by atoms with Crippen LogP contribution in [-0.2, 0) is 0 Å². The summed E-state index contributed by atoms with van der Waals surface area (Å²) >= 11 is 2.51. The van der Waals surface area contributed by atoms with Crippen LogP contribution in [0.2, 0.25) is 0 Å². The first-order valence-corrected chi connectivity index (χ1v) is 10.3. The zero-order chi connectivity index (χ0) is 21.1. The highest BCUT2D eigenvalue weighted by atomic mass is 32.2. The summed E-state index contributed by atoms with van der Waals surface area (Å²) in [7, 11) is 0. The van der Waals surface area contributed by atoms with Crippen LogP contribution in [0.3, 0.4) is 0 Å². The lowest BCUT2D eigenvalue weighted by Crippen LogP contribution is -2.13. The van der Waals surface area contributed by atoms with Crippen molar-refractivity contribution in [3.8, 4) is 10.6 Å². The van der Waals surface area contributed by atoms with E-state index in [1.54, 1.807) is 6.92 Å². The maximum atomic E-state index is 13.0. The van der Waals surface area contributed by atoms with Gasteiger partial charge in [-0.15, -0.1) is 0 Å². The zero-order valence-electron chi connectivity index (χ0n) is 15.5. The van der Waals surface area contributed by atoms with E-state index in [2.05, 4.69) is 25.5 Å². The van der Waals surface area contributed by atoms with Crippen LogP contribution in [-0.4, -0.2) is 31.0 Å². The Kier molecular flexibility index (Phi) is 5.55. The van der Waals surface area contributed by atoms with Crippen LogP contribution in [0.1, 0.15) is 16.1 Å². The van der Waals surface area contributed by atoms with Crippen molar-refractivity contribution in [3.63, 3.8) is 0 Å². The van der Waals surface area contributed by atoms with Crippen molar-refractivity contribution in [2.75, 3.05) is 5.32 Å². The number of rotatable bonds is 6. The van der Waals surface area contributed by atoms with E-state index in [-0.39, 0.29) is 11.3 Å². The maximum absolute atomic E-state index is 13.0. The molecule has 0 atom stereocenters. The molecule has 0 bridgehead atoms. The van der Waals surface area contributed by atoms with E-state index in [1.165, 1.54) is 35.9 Å². The normalized spacial score (nSPS) is 10.7. The van der Waals surface area contributed by atoms with Gasteiger partial charge in [0.05, 0.1) is 16.2 Å². The molecule has 150 valence electrons. The molecule has 30 heavy (non-hydrogen) atoms. The number of non-ortho nitro benzene ring substituents is 1. The Morgan fingerprint density at radius 3 is 2.73 bits per heavy atom. The van der Waals surface area contributed by atoms with Crippen molar-refractivity contribution >= 4 is 39.7 Å². The molecule has 9 nitrogen and oxygen atoms in total. The summed E-state index contributed by atoms with van der Waals surface area (Å²) in [5.74, 6) is -0.466. The van der Waals surface area contributed by atoms with E-state index < -0.39 is 10.8 Å². The van der Waals surface area contributed by atoms with Crippen molar-refractivity contribution in [3.05, 3.63) is 76.2 Å². The molecule has 2 aromatic heterocycles. The number of carbonyl (C=O) groups excluding carboxylic acids is 1. The van der Waals surface area contributed by atoms with E-state index in [9.17, 15) is 14.9 Å². The van der Waals surface area contributed by atoms with Crippen LogP contribution >= 0.6 is 23.1 Å². The molecule has 0 spiro atoms. The molecule has 1 amide bonds. The van der Waals surface area contributed by atoms with Crippen molar-refractivity contribution in [2.45, 2.75) is 17.0 Å². The molecule has 0 fully saturated rings. The van der Waals surface area contributed by atoms with Crippen LogP contribution < -0.4 is 5.32 Å². The molecule has 2 aromatic carbocycles. The van der Waals surface area contributed by atoms with Crippen molar-refractivity contribution < 1.29 is 9.72 Å². The first kappa shape index (κ1) is 19.7. The molecular formula is C19H14N6O3S2. The molecule has 0 aliphatic heterocycles. The third-order valence-corrected chi connectivity index (χ3v) is 6.15. The quantitative estimate of drug-likeness (QED) is 0.334. The third-order valence-electron chi connectivity index (χ3n) is 4.06. The molecule has 4 aromatic rings. The number of nitrogens with zero attached hydrogens (tertiary/aromatic N) is 4. The second-order valence-corrected chi connectivity index (χ2v) is 8.11. The minimum absolute atomic E-state index is 0.166. The van der Waals surface area contributed by atoms with E-state index in [1.807, 2.05) is 30.3 Å². The number of hydrogen-bond donors (Lipinski definition) is 2. The number of hydrogen-bond acceptors (Lipinski definition) is 8. The largest absolute Gasteiger partial charge is 0.312 e. The Morgan fingerprint density at radius 1 is 1.23 bits per heavy atom. The SMILES string of the molecule is Cc1nc(-c2ccccc2)sc1NC(=O)c1cc([N+](=O)[O-])ccc1Sc1ncn[nH]1. The van der Waals surface area contributed by atoms with Crippen LogP contribution in [0.15, 0.2) is 64.9 Å². The predicted octanol–water partition coefficient (Wildman–Crippen LogP) is 4.55. The first-order chi connectivity index (χ1) is 14.5. The van der Waals surface area contributed by atoms with Gasteiger partial charge >= 0.3 is 0 Å². The lowest BCUT2D eigenvalue weighted by molar-refractivity contribution is -0.384. The van der Waals surface area contributed by atoms with E-state index >= 15 is 0 Å². The minimum atomic E-state index is -0.537. The average Bonchev–Trinajstić information content (AvgIpc) is 3.39. The number of thiazole rings is 1. The summed E-state index contributed by atoms with van der Waals surface area (Å²) in [6.07, 6.45) is 1.35. The summed E-state index contributed by atoms with van der Waals surface area (Å²) in [6.45, 7) is 1.80. The van der Waals surface area contributed by atoms with Crippen LogP contribution in [0.4, 0.5) is 10.7 Å². The number of aromatic amines is 1. The van der Waals surface area contributed by atoms with Gasteiger partial charge in [0.2, 0.25) is 0 Å². The first-order valence-electron chi connectivity index (χ1n) is 8.67. The Morgan fingerprint density at radius 2 is 2.03 bits per heavy atom. The lowest BCUT2D eigenvalue weighted by atomic mass is 10.2. The highest BCUT2D eigenvalue weighted by Crippen LogP contribution is 2.34. The Bertz CT molecular complexity index is 1210. The number of nitrogens with one attached hydrogen (secondary N) is 2. The van der Waals surface area contributed by atoms with Gasteiger partial charge in [-0.1, -0.05) is 41.7 Å². The molecule has 0 saturated heterocycles. The van der Waals surface area contributed by atoms with Crippen molar-refractivity contribution in [1.82, 2.24) is 20.2 Å². The number of nitro benzene ring substituents is 1. The van der Waals surface area contributed by atoms with Gasteiger partial charge < -0.3 is 5.32 Å². The number of aromatic nitrogens is 4. The summed E-state index contributed by atoms with van der Waals surface area (Å²) in [6, 6.07) is 13.8. The Balaban J connectivity index is 1.65. The minimum Gasteiger partial charge on any atom is -0.312 e. The molecule has 2 N–H and O–H groups in total. The molecule has 2 heterocycles. The summed E-state index contributed by atoms with van der Waals surface area (Å²) in [5.41, 5.74) is 1.61. The van der Waals surface area contributed by atoms with Crippen LogP contribution in [0.25, 0.3) is 10.6 Å². The molecule has 0 saturated carbocycles. The number of amides is 1. The Labute approximate surface area is 178 Å². The van der Waals surface area contributed by atoms with Gasteiger partial charge in [0.25, 0.3) is 11.6 Å².